The summed E-state index contributed by atoms with van der Waals surface area (Å²) < 4.78 is 0.811. The van der Waals surface area contributed by atoms with E-state index in [9.17, 15) is 4.79 Å². The Balaban J connectivity index is 0. The molecular formula is C23H49FN2O2. The van der Waals surface area contributed by atoms with Gasteiger partial charge in [-0.05, 0) is 6.42 Å². The molecule has 0 heterocycles. The molecule has 0 unspecified atom stereocenters. The van der Waals surface area contributed by atoms with Crippen LogP contribution in [0.4, 0.5) is 0 Å². The van der Waals surface area contributed by atoms with E-state index in [2.05, 4.69) is 26.3 Å². The van der Waals surface area contributed by atoms with Crippen molar-refractivity contribution in [2.45, 2.75) is 103 Å². The van der Waals surface area contributed by atoms with E-state index in [-0.39, 0.29) is 17.2 Å². The van der Waals surface area contributed by atoms with E-state index in [0.29, 0.717) is 6.42 Å². The Kier molecular flexibility index (Phi) is 22.2. The highest BCUT2D eigenvalue weighted by Crippen LogP contribution is 2.12. The highest BCUT2D eigenvalue weighted by atomic mass is 19.0. The fourth-order valence-corrected chi connectivity index (χ4v) is 3.51. The first kappa shape index (κ1) is 29.5. The number of aliphatic hydroxyl groups excluding tert-OH is 1. The summed E-state index contributed by atoms with van der Waals surface area (Å²) in [6, 6.07) is 0. The maximum atomic E-state index is 11.8. The van der Waals surface area contributed by atoms with Crippen LogP contribution in [0.25, 0.3) is 0 Å². The first-order valence-electron chi connectivity index (χ1n) is 11.7. The van der Waals surface area contributed by atoms with Gasteiger partial charge in [0.25, 0.3) is 0 Å². The number of nitrogens with zero attached hydrogens (tertiary/aromatic N) is 1. The van der Waals surface area contributed by atoms with Crippen LogP contribution >= 0.6 is 0 Å². The number of hydrogen-bond acceptors (Lipinski definition) is 2. The normalized spacial score (nSPS) is 11.3. The van der Waals surface area contributed by atoms with Crippen molar-refractivity contribution in [1.29, 1.82) is 0 Å². The lowest BCUT2D eigenvalue weighted by Crippen LogP contribution is -3.00. The summed E-state index contributed by atoms with van der Waals surface area (Å²) >= 11 is 0. The molecule has 5 heteroatoms. The Hall–Kier alpha value is -0.680. The zero-order valence-electron chi connectivity index (χ0n) is 19.1. The molecule has 0 saturated heterocycles. The van der Waals surface area contributed by atoms with Gasteiger partial charge in [-0.2, -0.15) is 0 Å². The third-order valence-corrected chi connectivity index (χ3v) is 5.48. The molecule has 0 fully saturated rings. The molecule has 0 aromatic heterocycles. The molecule has 4 nitrogen and oxygen atoms in total. The number of halogens is 1. The monoisotopic (exact) mass is 404 g/mol. The molecule has 0 aliphatic heterocycles. The number of quaternary nitrogens is 1. The summed E-state index contributed by atoms with van der Waals surface area (Å²) in [5.74, 6) is 0.200. The summed E-state index contributed by atoms with van der Waals surface area (Å²) in [5.41, 5.74) is 0. The number of aliphatic hydroxyl groups is 1. The first-order valence-corrected chi connectivity index (χ1v) is 11.7. The molecule has 0 aliphatic rings. The van der Waals surface area contributed by atoms with E-state index >= 15 is 0 Å². The van der Waals surface area contributed by atoms with Crippen LogP contribution in [0.15, 0.2) is 0 Å². The highest BCUT2D eigenvalue weighted by Gasteiger charge is 2.13. The number of likely N-dealkylation sites (N-methyl/N-ethyl adjacent to an activating group) is 1. The van der Waals surface area contributed by atoms with Crippen LogP contribution in [0.5, 0.6) is 0 Å². The van der Waals surface area contributed by atoms with E-state index < -0.39 is 0 Å². The Morgan fingerprint density at radius 3 is 1.68 bits per heavy atom. The lowest BCUT2D eigenvalue weighted by molar-refractivity contribution is -0.890. The summed E-state index contributed by atoms with van der Waals surface area (Å²) in [6.07, 6.45) is 19.0. The van der Waals surface area contributed by atoms with Gasteiger partial charge in [0.2, 0.25) is 5.91 Å². The number of carbonyl (C=O) groups is 1. The summed E-state index contributed by atoms with van der Waals surface area (Å²) in [5, 5.41) is 12.0. The maximum absolute atomic E-state index is 11.8. The number of unbranched alkanes of at least 4 members (excludes halogenated alkanes) is 12. The molecule has 0 aromatic rings. The quantitative estimate of drug-likeness (QED) is 0.241. The van der Waals surface area contributed by atoms with Gasteiger partial charge < -0.3 is 19.6 Å². The number of rotatable bonds is 20. The van der Waals surface area contributed by atoms with Crippen molar-refractivity contribution in [2.24, 2.45) is 0 Å². The first-order chi connectivity index (χ1) is 13.0. The molecule has 0 spiro atoms. The van der Waals surface area contributed by atoms with Crippen molar-refractivity contribution in [3.63, 3.8) is 0 Å². The number of carbonyl (C=O) groups excluding carboxylic acids is 1. The fraction of sp³-hybridized carbons (Fsp3) is 0.957. The van der Waals surface area contributed by atoms with Gasteiger partial charge in [0.15, 0.2) is 0 Å². The largest absolute Gasteiger partial charge is 1.00 e. The van der Waals surface area contributed by atoms with Crippen molar-refractivity contribution >= 4 is 5.91 Å². The molecule has 0 atom stereocenters. The van der Waals surface area contributed by atoms with E-state index in [1.807, 2.05) is 0 Å². The molecule has 28 heavy (non-hydrogen) atoms. The van der Waals surface area contributed by atoms with Crippen molar-refractivity contribution in [3.05, 3.63) is 0 Å². The number of amides is 1. The topological polar surface area (TPSA) is 49.3 Å². The minimum atomic E-state index is 0. The minimum absolute atomic E-state index is 0. The van der Waals surface area contributed by atoms with Gasteiger partial charge in [0.1, 0.15) is 6.54 Å². The van der Waals surface area contributed by atoms with Crippen molar-refractivity contribution in [2.75, 3.05) is 40.3 Å². The van der Waals surface area contributed by atoms with Gasteiger partial charge in [-0.15, -0.1) is 0 Å². The number of nitrogens with one attached hydrogen (secondary N) is 1. The van der Waals surface area contributed by atoms with Gasteiger partial charge in [-0.3, -0.25) is 4.79 Å². The summed E-state index contributed by atoms with van der Waals surface area (Å²) in [4.78, 5) is 11.8. The van der Waals surface area contributed by atoms with Crippen LogP contribution in [0.1, 0.15) is 103 Å². The van der Waals surface area contributed by atoms with Crippen molar-refractivity contribution in [3.8, 4) is 0 Å². The van der Waals surface area contributed by atoms with Crippen LogP contribution < -0.4 is 10.0 Å². The average molecular weight is 405 g/mol. The van der Waals surface area contributed by atoms with Crippen LogP contribution in [0.3, 0.4) is 0 Å². The average Bonchev–Trinajstić information content (AvgIpc) is 2.62. The van der Waals surface area contributed by atoms with Gasteiger partial charge in [-0.25, -0.2) is 0 Å². The second-order valence-corrected chi connectivity index (χ2v) is 8.80. The van der Waals surface area contributed by atoms with Crippen LogP contribution in [0, 0.1) is 0 Å². The standard InChI is InChI=1S/C23H48N2O2.FH/c1-4-5-6-7-8-9-10-11-12-13-14-15-16-18-23(27)24-19-17-20-25(2,3)21-22-26;/h26H,4-22H2,1-3H3;1H. The zero-order valence-corrected chi connectivity index (χ0v) is 19.1. The highest BCUT2D eigenvalue weighted by molar-refractivity contribution is 5.75. The fourth-order valence-electron chi connectivity index (χ4n) is 3.51. The SMILES string of the molecule is CCCCCCCCCCCCCCCC(=O)NCCC[N+](C)(C)CCO.[F-]. The Morgan fingerprint density at radius 1 is 0.750 bits per heavy atom. The Bertz CT molecular complexity index is 339. The Labute approximate surface area is 174 Å². The molecule has 1 amide bonds. The Morgan fingerprint density at radius 2 is 1.21 bits per heavy atom. The third kappa shape index (κ3) is 21.6. The van der Waals surface area contributed by atoms with Crippen molar-refractivity contribution in [1.82, 2.24) is 5.32 Å². The predicted octanol–water partition coefficient (Wildman–Crippen LogP) is 2.05. The van der Waals surface area contributed by atoms with Gasteiger partial charge in [-0.1, -0.05) is 84.0 Å². The molecular weight excluding hydrogens is 355 g/mol. The third-order valence-electron chi connectivity index (χ3n) is 5.48. The molecule has 0 aromatic carbocycles. The van der Waals surface area contributed by atoms with Gasteiger partial charge in [0.05, 0.1) is 27.2 Å². The van der Waals surface area contributed by atoms with E-state index in [1.54, 1.807) is 0 Å². The second-order valence-electron chi connectivity index (χ2n) is 8.80. The second kappa shape index (κ2) is 21.0. The maximum Gasteiger partial charge on any atom is 0.219 e. The smallest absolute Gasteiger partial charge is 0.219 e. The van der Waals surface area contributed by atoms with Crippen molar-refractivity contribution < 1.29 is 19.1 Å². The van der Waals surface area contributed by atoms with Gasteiger partial charge >= 0.3 is 0 Å². The lowest BCUT2D eigenvalue weighted by atomic mass is 10.0. The van der Waals surface area contributed by atoms with E-state index in [1.165, 1.54) is 77.0 Å². The molecule has 0 bridgehead atoms. The van der Waals surface area contributed by atoms with Crippen LogP contribution in [0.2, 0.25) is 0 Å². The predicted molar refractivity (Wildman–Crippen MR) is 117 cm³/mol. The van der Waals surface area contributed by atoms with Crippen LogP contribution in [-0.2, 0) is 4.79 Å². The molecule has 2 N–H and O–H groups in total. The van der Waals surface area contributed by atoms with Crippen LogP contribution in [-0.4, -0.2) is 55.8 Å². The number of hydrogen-bond donors (Lipinski definition) is 2. The summed E-state index contributed by atoms with van der Waals surface area (Å²) in [6.45, 7) is 5.00. The minimum Gasteiger partial charge on any atom is -1.00 e. The molecule has 0 radical (unpaired) electrons. The van der Waals surface area contributed by atoms with E-state index in [4.69, 9.17) is 5.11 Å². The summed E-state index contributed by atoms with van der Waals surface area (Å²) in [7, 11) is 4.23. The molecule has 0 aliphatic carbocycles. The lowest BCUT2D eigenvalue weighted by Gasteiger charge is -2.28. The van der Waals surface area contributed by atoms with E-state index in [0.717, 1.165) is 37.0 Å². The molecule has 0 rings (SSSR count). The molecule has 170 valence electrons. The zero-order chi connectivity index (χ0) is 20.2. The molecule has 0 saturated carbocycles. The van der Waals surface area contributed by atoms with Gasteiger partial charge in [0, 0.05) is 19.4 Å².